The molecule has 2 nitrogen and oxygen atoms in total. The van der Waals surface area contributed by atoms with Crippen LogP contribution < -0.4 is 0 Å². The molecule has 4 aliphatic rings. The van der Waals surface area contributed by atoms with Crippen molar-refractivity contribution in [3.8, 4) is 0 Å². The summed E-state index contributed by atoms with van der Waals surface area (Å²) in [7, 11) is 0. The number of carbonyl (C=O) groups is 1. The molecule has 0 aliphatic heterocycles. The van der Waals surface area contributed by atoms with Crippen LogP contribution in [0.1, 0.15) is 72.1 Å². The first-order chi connectivity index (χ1) is 11.8. The molecule has 1 N–H and O–H groups in total. The highest BCUT2D eigenvalue weighted by Gasteiger charge is 2.59. The highest BCUT2D eigenvalue weighted by molar-refractivity contribution is 5.79. The molecule has 3 heteroatoms. The molecule has 0 radical (unpaired) electrons. The molecule has 2 unspecified atom stereocenters. The summed E-state index contributed by atoms with van der Waals surface area (Å²) < 4.78 is 15.1. The van der Waals surface area contributed by atoms with E-state index in [0.717, 1.165) is 44.9 Å². The molecule has 0 saturated heterocycles. The number of hydrogen-bond acceptors (Lipinski definition) is 2. The van der Waals surface area contributed by atoms with Crippen molar-refractivity contribution >= 4 is 5.78 Å². The van der Waals surface area contributed by atoms with Gasteiger partial charge >= 0.3 is 0 Å². The summed E-state index contributed by atoms with van der Waals surface area (Å²) in [5.41, 5.74) is 0.109. The van der Waals surface area contributed by atoms with Gasteiger partial charge in [0.2, 0.25) is 0 Å². The fourth-order valence-corrected chi connectivity index (χ4v) is 7.93. The van der Waals surface area contributed by atoms with Crippen molar-refractivity contribution in [3.63, 3.8) is 0 Å². The van der Waals surface area contributed by atoms with Gasteiger partial charge in [-0.05, 0) is 106 Å². The zero-order valence-corrected chi connectivity index (χ0v) is 16.1. The van der Waals surface area contributed by atoms with Crippen LogP contribution in [0.25, 0.3) is 0 Å². The van der Waals surface area contributed by atoms with E-state index < -0.39 is 6.17 Å². The van der Waals surface area contributed by atoms with Crippen LogP contribution in [-0.2, 0) is 4.79 Å². The van der Waals surface area contributed by atoms with Crippen LogP contribution in [0.15, 0.2) is 0 Å². The quantitative estimate of drug-likeness (QED) is 0.777. The van der Waals surface area contributed by atoms with Crippen LogP contribution in [-0.4, -0.2) is 23.2 Å². The molecule has 0 aromatic heterocycles. The molecule has 0 aromatic rings. The average Bonchev–Trinajstić information content (AvgIpc) is 2.92. The lowest BCUT2D eigenvalue weighted by molar-refractivity contribution is -0.131. The normalized spacial score (nSPS) is 53.5. The van der Waals surface area contributed by atoms with E-state index in [-0.39, 0.29) is 23.4 Å². The van der Waals surface area contributed by atoms with Crippen LogP contribution in [0.3, 0.4) is 0 Å². The molecule has 142 valence electrons. The summed E-state index contributed by atoms with van der Waals surface area (Å²) in [5.74, 6) is 3.22. The number of hydrogen-bond donors (Lipinski definition) is 1. The van der Waals surface area contributed by atoms with Gasteiger partial charge < -0.3 is 5.11 Å². The fourth-order valence-electron chi connectivity index (χ4n) is 7.93. The van der Waals surface area contributed by atoms with Crippen molar-refractivity contribution in [1.82, 2.24) is 0 Å². The third-order valence-corrected chi connectivity index (χ3v) is 9.17. The molecule has 10 atom stereocenters. The van der Waals surface area contributed by atoms with E-state index in [1.54, 1.807) is 6.92 Å². The first-order valence-electron chi connectivity index (χ1n) is 10.7. The summed E-state index contributed by atoms with van der Waals surface area (Å²) in [6, 6.07) is 0. The maximum Gasteiger partial charge on any atom is 0.133 e. The molecular formula is C22H35FO2. The number of halogens is 1. The Balaban J connectivity index is 1.59. The zero-order valence-electron chi connectivity index (χ0n) is 16.1. The topological polar surface area (TPSA) is 37.3 Å². The Morgan fingerprint density at radius 2 is 1.80 bits per heavy atom. The molecule has 0 bridgehead atoms. The largest absolute Gasteiger partial charge is 0.393 e. The van der Waals surface area contributed by atoms with Crippen LogP contribution in [0.4, 0.5) is 4.39 Å². The average molecular weight is 351 g/mol. The Hall–Kier alpha value is -0.440. The Morgan fingerprint density at radius 3 is 2.48 bits per heavy atom. The molecule has 0 amide bonds. The summed E-state index contributed by atoms with van der Waals surface area (Å²) >= 11 is 0. The van der Waals surface area contributed by atoms with Crippen molar-refractivity contribution in [1.29, 1.82) is 0 Å². The summed E-state index contributed by atoms with van der Waals surface area (Å²) in [6.45, 7) is 5.99. The van der Waals surface area contributed by atoms with Gasteiger partial charge in [0.05, 0.1) is 6.10 Å². The van der Waals surface area contributed by atoms with Gasteiger partial charge in [-0.25, -0.2) is 4.39 Å². The minimum atomic E-state index is -0.667. The smallest absolute Gasteiger partial charge is 0.133 e. The predicted octanol–water partition coefficient (Wildman–Crippen LogP) is 4.79. The van der Waals surface area contributed by atoms with Crippen molar-refractivity contribution in [2.75, 3.05) is 0 Å². The van der Waals surface area contributed by atoms with E-state index in [1.807, 2.05) is 6.92 Å². The SMILES string of the molecule is CC(=O)[C@H]1CC[C@H]2[C@@H]3C[C@@H](F)[C@H]4CCC(C(C)O)C[C@@H]4[C@H]3CC[C@]12C. The summed E-state index contributed by atoms with van der Waals surface area (Å²) in [5, 5.41) is 10.1. The van der Waals surface area contributed by atoms with E-state index in [2.05, 4.69) is 6.92 Å². The lowest BCUT2D eigenvalue weighted by Crippen LogP contribution is -2.52. The number of Topliss-reactive ketones (excluding diaryl/α,β-unsaturated/α-hetero) is 1. The van der Waals surface area contributed by atoms with Gasteiger partial charge in [0.25, 0.3) is 0 Å². The lowest BCUT2D eigenvalue weighted by atomic mass is 9.48. The minimum absolute atomic E-state index is 0.109. The fraction of sp³-hybridized carbons (Fsp3) is 0.955. The van der Waals surface area contributed by atoms with E-state index in [9.17, 15) is 9.90 Å². The van der Waals surface area contributed by atoms with Gasteiger partial charge in [-0.1, -0.05) is 6.92 Å². The van der Waals surface area contributed by atoms with Crippen molar-refractivity contribution < 1.29 is 14.3 Å². The molecule has 4 rings (SSSR count). The van der Waals surface area contributed by atoms with Crippen molar-refractivity contribution in [3.05, 3.63) is 0 Å². The number of rotatable bonds is 2. The van der Waals surface area contributed by atoms with Crippen molar-refractivity contribution in [2.24, 2.45) is 46.8 Å². The van der Waals surface area contributed by atoms with Crippen LogP contribution in [0.5, 0.6) is 0 Å². The third-order valence-electron chi connectivity index (χ3n) is 9.17. The summed E-state index contributed by atoms with van der Waals surface area (Å²) in [4.78, 5) is 12.2. The standard InChI is InChI=1S/C22H35FO2/c1-12(24)14-4-5-16-17(10-14)15-8-9-22(3)19(13(2)25)6-7-20(22)18(15)11-21(16)23/h12,14-21,24H,4-11H2,1-3H3/t12?,14?,15-,16+,17-,18-,19-,20+,21-,22-/m1/s1. The molecule has 25 heavy (non-hydrogen) atoms. The van der Waals surface area contributed by atoms with Crippen LogP contribution >= 0.6 is 0 Å². The Bertz CT molecular complexity index is 532. The second kappa shape index (κ2) is 6.32. The number of fused-ring (bicyclic) bond motifs is 5. The first kappa shape index (κ1) is 17.9. The molecule has 0 spiro atoms. The van der Waals surface area contributed by atoms with Gasteiger partial charge in [0, 0.05) is 5.92 Å². The van der Waals surface area contributed by atoms with Gasteiger partial charge in [0.15, 0.2) is 0 Å². The van der Waals surface area contributed by atoms with Gasteiger partial charge in [0.1, 0.15) is 12.0 Å². The van der Waals surface area contributed by atoms with Gasteiger partial charge in [-0.15, -0.1) is 0 Å². The van der Waals surface area contributed by atoms with E-state index >= 15 is 4.39 Å². The van der Waals surface area contributed by atoms with Crippen LogP contribution in [0.2, 0.25) is 0 Å². The highest BCUT2D eigenvalue weighted by atomic mass is 19.1. The second-order valence-corrected chi connectivity index (χ2v) is 10.1. The maximum absolute atomic E-state index is 15.1. The van der Waals surface area contributed by atoms with Gasteiger partial charge in [-0.2, -0.15) is 0 Å². The monoisotopic (exact) mass is 350 g/mol. The number of aliphatic hydroxyl groups excluding tert-OH is 1. The second-order valence-electron chi connectivity index (χ2n) is 10.1. The third kappa shape index (κ3) is 2.71. The van der Waals surface area contributed by atoms with E-state index in [0.29, 0.717) is 35.4 Å². The predicted molar refractivity (Wildman–Crippen MR) is 96.7 cm³/mol. The number of aliphatic hydroxyl groups is 1. The molecule has 4 aliphatic carbocycles. The molecule has 4 fully saturated rings. The highest BCUT2D eigenvalue weighted by Crippen LogP contribution is 2.64. The molecular weight excluding hydrogens is 315 g/mol. The Morgan fingerprint density at radius 1 is 1.04 bits per heavy atom. The van der Waals surface area contributed by atoms with E-state index in [1.165, 1.54) is 6.42 Å². The Labute approximate surface area is 152 Å². The van der Waals surface area contributed by atoms with Crippen molar-refractivity contribution in [2.45, 2.75) is 84.4 Å². The first-order valence-corrected chi connectivity index (χ1v) is 10.7. The molecule has 0 heterocycles. The van der Waals surface area contributed by atoms with Crippen LogP contribution in [0, 0.1) is 46.8 Å². The summed E-state index contributed by atoms with van der Waals surface area (Å²) in [6.07, 6.45) is 7.21. The van der Waals surface area contributed by atoms with Gasteiger partial charge in [-0.3, -0.25) is 4.79 Å². The maximum atomic E-state index is 15.1. The number of ketones is 1. The number of carbonyl (C=O) groups excluding carboxylic acids is 1. The number of alkyl halides is 1. The lowest BCUT2D eigenvalue weighted by Gasteiger charge is -2.57. The molecule has 0 aromatic carbocycles. The molecule has 4 saturated carbocycles. The minimum Gasteiger partial charge on any atom is -0.393 e. The van der Waals surface area contributed by atoms with E-state index in [4.69, 9.17) is 0 Å². The zero-order chi connectivity index (χ0) is 17.9. The Kier molecular flexibility index (Phi) is 4.54.